The second-order valence-corrected chi connectivity index (χ2v) is 7.25. The van der Waals surface area contributed by atoms with E-state index in [9.17, 15) is 9.18 Å². The van der Waals surface area contributed by atoms with Crippen LogP contribution in [0.25, 0.3) is 0 Å². The molecule has 4 rings (SSSR count). The van der Waals surface area contributed by atoms with Crippen molar-refractivity contribution in [1.82, 2.24) is 24.5 Å². The summed E-state index contributed by atoms with van der Waals surface area (Å²) in [5.41, 5.74) is 3.54. The summed E-state index contributed by atoms with van der Waals surface area (Å²) < 4.78 is 17.0. The first kappa shape index (κ1) is 18.2. The maximum Gasteiger partial charge on any atom is 0.322 e. The van der Waals surface area contributed by atoms with Crippen LogP contribution in [0.4, 0.5) is 14.9 Å². The molecule has 1 fully saturated rings. The highest BCUT2D eigenvalue weighted by atomic mass is 19.1. The van der Waals surface area contributed by atoms with Gasteiger partial charge in [-0.2, -0.15) is 10.2 Å². The number of amides is 2. The van der Waals surface area contributed by atoms with Crippen LogP contribution in [0.2, 0.25) is 0 Å². The Morgan fingerprint density at radius 1 is 1.32 bits per heavy atom. The summed E-state index contributed by atoms with van der Waals surface area (Å²) in [6.07, 6.45) is 4.23. The lowest BCUT2D eigenvalue weighted by molar-refractivity contribution is 0.220. The van der Waals surface area contributed by atoms with Crippen molar-refractivity contribution >= 4 is 11.7 Å². The molecule has 7 nitrogen and oxygen atoms in total. The van der Waals surface area contributed by atoms with Crippen LogP contribution in [0, 0.1) is 19.7 Å². The predicted molar refractivity (Wildman–Crippen MR) is 104 cm³/mol. The van der Waals surface area contributed by atoms with E-state index in [0.29, 0.717) is 25.3 Å². The summed E-state index contributed by atoms with van der Waals surface area (Å²) >= 11 is 0. The average Bonchev–Trinajstić information content (AvgIpc) is 3.35. The summed E-state index contributed by atoms with van der Waals surface area (Å²) in [7, 11) is 0. The standard InChI is InChI=1S/C20H23FN6O/c1-14-8-15(2)27(24-14)19-6-7-25(13-19)20(28)23-18-10-22-26(12-18)11-16-4-3-5-17(21)9-16/h3-5,8-10,12,19H,6-7,11,13H2,1-2H3,(H,23,28). The van der Waals surface area contributed by atoms with Crippen LogP contribution in [-0.2, 0) is 6.54 Å². The third-order valence-corrected chi connectivity index (χ3v) is 4.96. The van der Waals surface area contributed by atoms with Gasteiger partial charge in [0.05, 0.1) is 30.2 Å². The number of likely N-dealkylation sites (tertiary alicyclic amines) is 1. The SMILES string of the molecule is Cc1cc(C)n(C2CCN(C(=O)Nc3cnn(Cc4cccc(F)c4)c3)C2)n1. The molecule has 1 aromatic carbocycles. The van der Waals surface area contributed by atoms with Crippen molar-refractivity contribution in [3.63, 3.8) is 0 Å². The zero-order chi connectivity index (χ0) is 19.7. The fourth-order valence-corrected chi connectivity index (χ4v) is 3.68. The maximum atomic E-state index is 13.3. The predicted octanol–water partition coefficient (Wildman–Crippen LogP) is 3.36. The van der Waals surface area contributed by atoms with Crippen LogP contribution in [-0.4, -0.2) is 43.6 Å². The van der Waals surface area contributed by atoms with Crippen LogP contribution < -0.4 is 5.32 Å². The first-order valence-electron chi connectivity index (χ1n) is 9.33. The number of urea groups is 1. The Labute approximate surface area is 162 Å². The molecule has 1 atom stereocenters. The van der Waals surface area contributed by atoms with Crippen molar-refractivity contribution in [2.24, 2.45) is 0 Å². The minimum Gasteiger partial charge on any atom is -0.322 e. The minimum absolute atomic E-state index is 0.144. The lowest BCUT2D eigenvalue weighted by atomic mass is 10.2. The molecule has 3 heterocycles. The average molecular weight is 382 g/mol. The van der Waals surface area contributed by atoms with Gasteiger partial charge in [0.15, 0.2) is 0 Å². The minimum atomic E-state index is -0.274. The number of nitrogens with zero attached hydrogens (tertiary/aromatic N) is 5. The van der Waals surface area contributed by atoms with Crippen molar-refractivity contribution in [1.29, 1.82) is 0 Å². The van der Waals surface area contributed by atoms with Gasteiger partial charge in [0, 0.05) is 25.0 Å². The highest BCUT2D eigenvalue weighted by Gasteiger charge is 2.29. The fraction of sp³-hybridized carbons (Fsp3) is 0.350. The molecule has 0 bridgehead atoms. The topological polar surface area (TPSA) is 68.0 Å². The van der Waals surface area contributed by atoms with E-state index in [0.717, 1.165) is 23.4 Å². The largest absolute Gasteiger partial charge is 0.322 e. The maximum absolute atomic E-state index is 13.3. The Hall–Kier alpha value is -3.16. The van der Waals surface area contributed by atoms with Crippen molar-refractivity contribution < 1.29 is 9.18 Å². The molecule has 2 amide bonds. The molecule has 28 heavy (non-hydrogen) atoms. The van der Waals surface area contributed by atoms with Crippen molar-refractivity contribution in [2.75, 3.05) is 18.4 Å². The van der Waals surface area contributed by atoms with E-state index in [-0.39, 0.29) is 17.9 Å². The van der Waals surface area contributed by atoms with Gasteiger partial charge < -0.3 is 10.2 Å². The first-order chi connectivity index (χ1) is 13.5. The van der Waals surface area contributed by atoms with Gasteiger partial charge in [0.1, 0.15) is 5.82 Å². The quantitative estimate of drug-likeness (QED) is 0.752. The van der Waals surface area contributed by atoms with E-state index in [1.165, 1.54) is 12.1 Å². The molecular formula is C20H23FN6O. The van der Waals surface area contributed by atoms with Crippen LogP contribution in [0.3, 0.4) is 0 Å². The zero-order valence-corrected chi connectivity index (χ0v) is 16.0. The van der Waals surface area contributed by atoms with E-state index in [1.807, 2.05) is 24.6 Å². The van der Waals surface area contributed by atoms with Crippen molar-refractivity contribution in [2.45, 2.75) is 32.9 Å². The molecule has 3 aromatic rings. The molecule has 0 aliphatic carbocycles. The van der Waals surface area contributed by atoms with Crippen molar-refractivity contribution in [3.8, 4) is 0 Å². The molecule has 1 unspecified atom stereocenters. The highest BCUT2D eigenvalue weighted by Crippen LogP contribution is 2.23. The van der Waals surface area contributed by atoms with E-state index >= 15 is 0 Å². The van der Waals surface area contributed by atoms with Gasteiger partial charge in [-0.15, -0.1) is 0 Å². The number of nitrogens with one attached hydrogen (secondary N) is 1. The van der Waals surface area contributed by atoms with Crippen LogP contribution in [0.1, 0.15) is 29.4 Å². The lowest BCUT2D eigenvalue weighted by Crippen LogP contribution is -2.33. The first-order valence-corrected chi connectivity index (χ1v) is 9.33. The monoisotopic (exact) mass is 382 g/mol. The zero-order valence-electron chi connectivity index (χ0n) is 16.0. The summed E-state index contributed by atoms with van der Waals surface area (Å²) in [5, 5.41) is 11.7. The number of carbonyl (C=O) groups excluding carboxylic acids is 1. The van der Waals surface area contributed by atoms with E-state index in [2.05, 4.69) is 21.6 Å². The third-order valence-electron chi connectivity index (χ3n) is 4.96. The Kier molecular flexibility index (Phi) is 4.85. The number of anilines is 1. The number of carbonyl (C=O) groups is 1. The van der Waals surface area contributed by atoms with E-state index in [4.69, 9.17) is 0 Å². The Morgan fingerprint density at radius 2 is 2.18 bits per heavy atom. The molecule has 1 aliphatic heterocycles. The number of hydrogen-bond acceptors (Lipinski definition) is 3. The van der Waals surface area contributed by atoms with Gasteiger partial charge >= 0.3 is 6.03 Å². The molecule has 8 heteroatoms. The van der Waals surface area contributed by atoms with E-state index in [1.54, 1.807) is 28.0 Å². The van der Waals surface area contributed by atoms with Gasteiger partial charge in [0.25, 0.3) is 0 Å². The molecule has 1 aliphatic rings. The molecule has 0 saturated carbocycles. The van der Waals surface area contributed by atoms with Gasteiger partial charge in [0.2, 0.25) is 0 Å². The normalized spacial score (nSPS) is 16.5. The van der Waals surface area contributed by atoms with Gasteiger partial charge in [-0.3, -0.25) is 9.36 Å². The summed E-state index contributed by atoms with van der Waals surface area (Å²) in [6, 6.07) is 8.51. The smallest absolute Gasteiger partial charge is 0.322 e. The second kappa shape index (κ2) is 7.46. The Morgan fingerprint density at radius 3 is 2.93 bits per heavy atom. The molecule has 1 saturated heterocycles. The highest BCUT2D eigenvalue weighted by molar-refractivity contribution is 5.89. The van der Waals surface area contributed by atoms with Crippen LogP contribution >= 0.6 is 0 Å². The number of benzene rings is 1. The summed E-state index contributed by atoms with van der Waals surface area (Å²) in [4.78, 5) is 14.4. The Bertz CT molecular complexity index is 994. The Balaban J connectivity index is 1.35. The van der Waals surface area contributed by atoms with Crippen LogP contribution in [0.15, 0.2) is 42.7 Å². The number of hydrogen-bond donors (Lipinski definition) is 1. The van der Waals surface area contributed by atoms with Crippen LogP contribution in [0.5, 0.6) is 0 Å². The number of aromatic nitrogens is 4. The summed E-state index contributed by atoms with van der Waals surface area (Å²) in [6.45, 7) is 5.77. The lowest BCUT2D eigenvalue weighted by Gasteiger charge is -2.17. The fourth-order valence-electron chi connectivity index (χ4n) is 3.68. The molecule has 1 N–H and O–H groups in total. The summed E-state index contributed by atoms with van der Waals surface area (Å²) in [5.74, 6) is -0.274. The second-order valence-electron chi connectivity index (χ2n) is 7.25. The molecular weight excluding hydrogens is 359 g/mol. The molecule has 0 radical (unpaired) electrons. The van der Waals surface area contributed by atoms with Gasteiger partial charge in [-0.05, 0) is 44.0 Å². The van der Waals surface area contributed by atoms with Gasteiger partial charge in [-0.25, -0.2) is 9.18 Å². The van der Waals surface area contributed by atoms with Gasteiger partial charge in [-0.1, -0.05) is 12.1 Å². The molecule has 146 valence electrons. The number of rotatable bonds is 4. The van der Waals surface area contributed by atoms with E-state index < -0.39 is 0 Å². The number of aryl methyl sites for hydroxylation is 2. The molecule has 0 spiro atoms. The van der Waals surface area contributed by atoms with Crippen molar-refractivity contribution in [3.05, 3.63) is 65.5 Å². The molecule has 2 aromatic heterocycles. The number of halogens is 1. The third kappa shape index (κ3) is 3.90.